The van der Waals surface area contributed by atoms with Gasteiger partial charge in [-0.1, -0.05) is 0 Å². The van der Waals surface area contributed by atoms with Crippen molar-refractivity contribution in [2.45, 2.75) is 25.3 Å². The Bertz CT molecular complexity index is 679. The average Bonchev–Trinajstić information content (AvgIpc) is 3.08. The number of halogens is 2. The molecule has 1 fully saturated rings. The second-order valence-electron chi connectivity index (χ2n) is 5.33. The summed E-state index contributed by atoms with van der Waals surface area (Å²) in [6.07, 6.45) is 4.56. The Labute approximate surface area is 136 Å². The van der Waals surface area contributed by atoms with Crippen LogP contribution in [0.3, 0.4) is 0 Å². The Morgan fingerprint density at radius 2 is 2.26 bits per heavy atom. The van der Waals surface area contributed by atoms with E-state index in [9.17, 15) is 13.6 Å². The predicted octanol–water partition coefficient (Wildman–Crippen LogP) is 3.55. The molecule has 3 rings (SSSR count). The lowest BCUT2D eigenvalue weighted by Gasteiger charge is -2.34. The molecule has 0 spiro atoms. The molecule has 122 valence electrons. The van der Waals surface area contributed by atoms with Gasteiger partial charge in [0.05, 0.1) is 6.04 Å². The average molecular weight is 338 g/mol. The van der Waals surface area contributed by atoms with Crippen LogP contribution in [-0.2, 0) is 4.79 Å². The summed E-state index contributed by atoms with van der Waals surface area (Å²) in [5.41, 5.74) is 0. The van der Waals surface area contributed by atoms with E-state index >= 15 is 0 Å². The molecule has 0 bridgehead atoms. The maximum atomic E-state index is 13.5. The smallest absolute Gasteiger partial charge is 0.261 e. The van der Waals surface area contributed by atoms with Crippen LogP contribution in [0.2, 0.25) is 0 Å². The van der Waals surface area contributed by atoms with Gasteiger partial charge in [0.25, 0.3) is 5.91 Å². The van der Waals surface area contributed by atoms with Crippen molar-refractivity contribution >= 4 is 17.2 Å². The highest BCUT2D eigenvalue weighted by molar-refractivity contribution is 7.09. The lowest BCUT2D eigenvalue weighted by atomic mass is 10.0. The topological polar surface area (TPSA) is 42.4 Å². The minimum atomic E-state index is -0.812. The number of hydrogen-bond donors (Lipinski definition) is 0. The number of rotatable bonds is 4. The van der Waals surface area contributed by atoms with Crippen LogP contribution in [-0.4, -0.2) is 28.9 Å². The third-order valence-corrected chi connectivity index (χ3v) is 4.68. The second kappa shape index (κ2) is 7.04. The number of hydrogen-bond acceptors (Lipinski definition) is 4. The fraction of sp³-hybridized carbons (Fsp3) is 0.375. The molecule has 7 heteroatoms. The van der Waals surface area contributed by atoms with Gasteiger partial charge in [0.2, 0.25) is 0 Å². The van der Waals surface area contributed by atoms with Crippen molar-refractivity contribution in [2.75, 3.05) is 13.2 Å². The Balaban J connectivity index is 1.66. The fourth-order valence-corrected chi connectivity index (χ4v) is 3.49. The van der Waals surface area contributed by atoms with Gasteiger partial charge in [-0.3, -0.25) is 4.79 Å². The largest absolute Gasteiger partial charge is 0.481 e. The summed E-state index contributed by atoms with van der Waals surface area (Å²) in [6.45, 7) is 0.364. The number of ether oxygens (including phenoxy) is 1. The van der Waals surface area contributed by atoms with E-state index in [-0.39, 0.29) is 24.3 Å². The molecule has 1 aromatic carbocycles. The summed E-state index contributed by atoms with van der Waals surface area (Å²) < 4.78 is 31.6. The van der Waals surface area contributed by atoms with Crippen molar-refractivity contribution in [2.24, 2.45) is 0 Å². The highest BCUT2D eigenvalue weighted by atomic mass is 32.1. The number of carbonyl (C=O) groups is 1. The van der Waals surface area contributed by atoms with Crippen molar-refractivity contribution in [1.29, 1.82) is 0 Å². The van der Waals surface area contributed by atoms with E-state index in [0.717, 1.165) is 36.4 Å². The molecular weight excluding hydrogens is 322 g/mol. The molecule has 0 saturated carbocycles. The summed E-state index contributed by atoms with van der Waals surface area (Å²) in [7, 11) is 0. The number of piperidine rings is 1. The number of likely N-dealkylation sites (tertiary alicyclic amines) is 1. The second-order valence-corrected chi connectivity index (χ2v) is 6.26. The SMILES string of the molecule is O=C(COc1ccc(F)cc1F)N1CCCC[C@@H]1c1nccs1. The summed E-state index contributed by atoms with van der Waals surface area (Å²) in [5.74, 6) is -1.83. The van der Waals surface area contributed by atoms with Crippen LogP contribution >= 0.6 is 11.3 Å². The predicted molar refractivity (Wildman–Crippen MR) is 82.3 cm³/mol. The van der Waals surface area contributed by atoms with E-state index in [0.29, 0.717) is 6.54 Å². The molecule has 1 amide bonds. The lowest BCUT2D eigenvalue weighted by Crippen LogP contribution is -2.41. The first-order chi connectivity index (χ1) is 11.1. The summed E-state index contributed by atoms with van der Waals surface area (Å²) in [5, 5.41) is 2.79. The number of aromatic nitrogens is 1. The zero-order chi connectivity index (χ0) is 16.2. The molecular formula is C16H16F2N2O2S. The maximum Gasteiger partial charge on any atom is 0.261 e. The van der Waals surface area contributed by atoms with Crippen LogP contribution in [0.1, 0.15) is 30.3 Å². The van der Waals surface area contributed by atoms with E-state index in [1.54, 1.807) is 11.1 Å². The summed E-state index contributed by atoms with van der Waals surface area (Å²) in [4.78, 5) is 18.5. The molecule has 0 aliphatic carbocycles. The zero-order valence-corrected chi connectivity index (χ0v) is 13.2. The van der Waals surface area contributed by atoms with E-state index < -0.39 is 11.6 Å². The van der Waals surface area contributed by atoms with Crippen molar-refractivity contribution in [1.82, 2.24) is 9.88 Å². The molecule has 2 aromatic rings. The van der Waals surface area contributed by atoms with Crippen molar-refractivity contribution in [3.8, 4) is 5.75 Å². The Hall–Kier alpha value is -2.02. The van der Waals surface area contributed by atoms with Gasteiger partial charge in [-0.25, -0.2) is 13.8 Å². The Morgan fingerprint density at radius 3 is 3.00 bits per heavy atom. The molecule has 1 saturated heterocycles. The molecule has 1 aliphatic heterocycles. The number of thiazole rings is 1. The van der Waals surface area contributed by atoms with Gasteiger partial charge in [-0.05, 0) is 31.4 Å². The minimum absolute atomic E-state index is 0.0436. The minimum Gasteiger partial charge on any atom is -0.481 e. The molecule has 0 N–H and O–H groups in total. The fourth-order valence-electron chi connectivity index (χ4n) is 2.70. The van der Waals surface area contributed by atoms with Crippen molar-refractivity contribution < 1.29 is 18.3 Å². The molecule has 4 nitrogen and oxygen atoms in total. The van der Waals surface area contributed by atoms with Crippen LogP contribution < -0.4 is 4.74 Å². The van der Waals surface area contributed by atoms with E-state index in [2.05, 4.69) is 4.98 Å². The number of benzene rings is 1. The molecule has 2 heterocycles. The van der Waals surface area contributed by atoms with Crippen molar-refractivity contribution in [3.63, 3.8) is 0 Å². The van der Waals surface area contributed by atoms with Gasteiger partial charge in [0.15, 0.2) is 18.2 Å². The zero-order valence-electron chi connectivity index (χ0n) is 12.4. The lowest BCUT2D eigenvalue weighted by molar-refractivity contribution is -0.137. The highest BCUT2D eigenvalue weighted by Crippen LogP contribution is 2.32. The van der Waals surface area contributed by atoms with Crippen LogP contribution in [0.4, 0.5) is 8.78 Å². The first kappa shape index (κ1) is 15.9. The van der Waals surface area contributed by atoms with Crippen LogP contribution in [0.5, 0.6) is 5.75 Å². The monoisotopic (exact) mass is 338 g/mol. The van der Waals surface area contributed by atoms with Gasteiger partial charge in [0.1, 0.15) is 10.8 Å². The number of amides is 1. The molecule has 1 aliphatic rings. The molecule has 1 atom stereocenters. The molecule has 0 unspecified atom stereocenters. The van der Waals surface area contributed by atoms with Crippen LogP contribution in [0.25, 0.3) is 0 Å². The van der Waals surface area contributed by atoms with E-state index in [1.807, 2.05) is 5.38 Å². The third kappa shape index (κ3) is 3.67. The van der Waals surface area contributed by atoms with Gasteiger partial charge in [-0.2, -0.15) is 0 Å². The van der Waals surface area contributed by atoms with E-state index in [1.165, 1.54) is 17.4 Å². The van der Waals surface area contributed by atoms with Gasteiger partial charge in [0, 0.05) is 24.2 Å². The quantitative estimate of drug-likeness (QED) is 0.856. The molecule has 1 aromatic heterocycles. The number of carbonyl (C=O) groups excluding carboxylic acids is 1. The van der Waals surface area contributed by atoms with Gasteiger partial charge < -0.3 is 9.64 Å². The van der Waals surface area contributed by atoms with Gasteiger partial charge >= 0.3 is 0 Å². The Morgan fingerprint density at radius 1 is 1.39 bits per heavy atom. The van der Waals surface area contributed by atoms with E-state index in [4.69, 9.17) is 4.74 Å². The maximum absolute atomic E-state index is 13.5. The van der Waals surface area contributed by atoms with Crippen LogP contribution in [0, 0.1) is 11.6 Å². The molecule has 0 radical (unpaired) electrons. The highest BCUT2D eigenvalue weighted by Gasteiger charge is 2.29. The van der Waals surface area contributed by atoms with Gasteiger partial charge in [-0.15, -0.1) is 11.3 Å². The third-order valence-electron chi connectivity index (χ3n) is 3.80. The molecule has 23 heavy (non-hydrogen) atoms. The summed E-state index contributed by atoms with van der Waals surface area (Å²) >= 11 is 1.52. The first-order valence-corrected chi connectivity index (χ1v) is 8.30. The standard InChI is InChI=1S/C16H16F2N2O2S/c17-11-4-5-14(12(18)9-11)22-10-15(21)20-7-2-1-3-13(20)16-19-6-8-23-16/h4-6,8-9,13H,1-3,7,10H2/t13-/m1/s1. The Kier molecular flexibility index (Phi) is 4.85. The summed E-state index contributed by atoms with van der Waals surface area (Å²) in [6, 6.07) is 2.98. The van der Waals surface area contributed by atoms with Crippen LogP contribution in [0.15, 0.2) is 29.8 Å². The normalized spacial score (nSPS) is 18.0. The number of nitrogens with zero attached hydrogens (tertiary/aromatic N) is 2. The van der Waals surface area contributed by atoms with Crippen molar-refractivity contribution in [3.05, 3.63) is 46.4 Å². The first-order valence-electron chi connectivity index (χ1n) is 7.42.